The molecule has 1 aromatic rings. The SMILES string of the molecule is C=CCSCCNc1ncc([N+](=O)[O-])cc1C#N. The summed E-state index contributed by atoms with van der Waals surface area (Å²) in [7, 11) is 0. The molecule has 0 fully saturated rings. The number of pyridine rings is 1. The van der Waals surface area contributed by atoms with E-state index >= 15 is 0 Å². The highest BCUT2D eigenvalue weighted by atomic mass is 32.2. The molecule has 0 saturated heterocycles. The molecule has 0 aliphatic carbocycles. The first kappa shape index (κ1) is 14.0. The van der Waals surface area contributed by atoms with E-state index in [1.54, 1.807) is 11.8 Å². The first-order valence-corrected chi connectivity index (χ1v) is 6.31. The van der Waals surface area contributed by atoms with Crippen LogP contribution in [0.4, 0.5) is 11.5 Å². The van der Waals surface area contributed by atoms with E-state index in [0.717, 1.165) is 17.7 Å². The third-order valence-electron chi connectivity index (χ3n) is 1.98. The van der Waals surface area contributed by atoms with Crippen molar-refractivity contribution in [1.29, 1.82) is 5.26 Å². The van der Waals surface area contributed by atoms with E-state index in [1.165, 1.54) is 6.07 Å². The van der Waals surface area contributed by atoms with Crippen molar-refractivity contribution in [3.05, 3.63) is 40.6 Å². The highest BCUT2D eigenvalue weighted by molar-refractivity contribution is 7.99. The third-order valence-corrected chi connectivity index (χ3v) is 2.94. The van der Waals surface area contributed by atoms with E-state index in [4.69, 9.17) is 5.26 Å². The Morgan fingerprint density at radius 2 is 2.50 bits per heavy atom. The number of aromatic nitrogens is 1. The molecule has 0 atom stereocenters. The average molecular weight is 264 g/mol. The van der Waals surface area contributed by atoms with Gasteiger partial charge in [0.15, 0.2) is 0 Å². The Hall–Kier alpha value is -2.07. The lowest BCUT2D eigenvalue weighted by Crippen LogP contribution is -2.08. The summed E-state index contributed by atoms with van der Waals surface area (Å²) >= 11 is 1.69. The predicted octanol–water partition coefficient (Wildman–Crippen LogP) is 2.19. The number of nitro groups is 1. The molecule has 18 heavy (non-hydrogen) atoms. The third kappa shape index (κ3) is 4.07. The van der Waals surface area contributed by atoms with Crippen molar-refractivity contribution in [3.8, 4) is 6.07 Å². The van der Waals surface area contributed by atoms with Gasteiger partial charge in [0.2, 0.25) is 0 Å². The van der Waals surface area contributed by atoms with Crippen LogP contribution in [0.1, 0.15) is 5.56 Å². The Balaban J connectivity index is 2.63. The van der Waals surface area contributed by atoms with Crippen molar-refractivity contribution in [3.63, 3.8) is 0 Å². The summed E-state index contributed by atoms with van der Waals surface area (Å²) in [6.07, 6.45) is 2.95. The van der Waals surface area contributed by atoms with Crippen LogP contribution in [0.15, 0.2) is 24.9 Å². The summed E-state index contributed by atoms with van der Waals surface area (Å²) in [4.78, 5) is 13.8. The van der Waals surface area contributed by atoms with Crippen molar-refractivity contribution >= 4 is 23.3 Å². The van der Waals surface area contributed by atoms with Gasteiger partial charge in [-0.15, -0.1) is 6.58 Å². The molecule has 1 N–H and O–H groups in total. The molecule has 0 aliphatic rings. The summed E-state index contributed by atoms with van der Waals surface area (Å²) in [6.45, 7) is 4.25. The van der Waals surface area contributed by atoms with Gasteiger partial charge in [-0.25, -0.2) is 4.98 Å². The van der Waals surface area contributed by atoms with Crippen LogP contribution < -0.4 is 5.32 Å². The van der Waals surface area contributed by atoms with E-state index in [0.29, 0.717) is 12.4 Å². The minimum atomic E-state index is -0.572. The molecule has 1 heterocycles. The van der Waals surface area contributed by atoms with Crippen molar-refractivity contribution in [1.82, 2.24) is 4.98 Å². The number of anilines is 1. The Morgan fingerprint density at radius 1 is 1.72 bits per heavy atom. The van der Waals surface area contributed by atoms with Crippen molar-refractivity contribution in [2.24, 2.45) is 0 Å². The second-order valence-electron chi connectivity index (χ2n) is 3.25. The highest BCUT2D eigenvalue weighted by Crippen LogP contribution is 2.18. The van der Waals surface area contributed by atoms with Gasteiger partial charge in [-0.05, 0) is 0 Å². The Labute approximate surface area is 109 Å². The highest BCUT2D eigenvalue weighted by Gasteiger charge is 2.11. The van der Waals surface area contributed by atoms with Crippen LogP contribution in [0, 0.1) is 21.4 Å². The molecule has 0 amide bonds. The molecule has 0 bridgehead atoms. The quantitative estimate of drug-likeness (QED) is 0.351. The second-order valence-corrected chi connectivity index (χ2v) is 4.40. The maximum absolute atomic E-state index is 10.5. The molecular formula is C11H12N4O2S. The average Bonchev–Trinajstić information content (AvgIpc) is 2.38. The molecule has 6 nitrogen and oxygen atoms in total. The summed E-state index contributed by atoms with van der Waals surface area (Å²) in [5, 5.41) is 22.4. The standard InChI is InChI=1S/C11H12N4O2S/c1-2-4-18-5-3-13-11-9(7-12)6-10(8-14-11)15(16)17/h2,6,8H,1,3-5H2,(H,13,14). The van der Waals surface area contributed by atoms with Crippen molar-refractivity contribution in [2.75, 3.05) is 23.4 Å². The van der Waals surface area contributed by atoms with E-state index in [2.05, 4.69) is 16.9 Å². The van der Waals surface area contributed by atoms with Gasteiger partial charge < -0.3 is 5.32 Å². The van der Waals surface area contributed by atoms with Gasteiger partial charge in [0.1, 0.15) is 23.6 Å². The Kier molecular flexibility index (Phi) is 5.67. The van der Waals surface area contributed by atoms with Crippen LogP contribution in [0.25, 0.3) is 0 Å². The first-order chi connectivity index (χ1) is 8.69. The van der Waals surface area contributed by atoms with Crippen LogP contribution in [-0.4, -0.2) is 28.0 Å². The topological polar surface area (TPSA) is 91.8 Å². The molecule has 94 valence electrons. The normalized spacial score (nSPS) is 9.50. The van der Waals surface area contributed by atoms with E-state index < -0.39 is 4.92 Å². The zero-order valence-electron chi connectivity index (χ0n) is 9.63. The Bertz CT molecular complexity index is 484. The minimum absolute atomic E-state index is 0.179. The number of nitrogens with zero attached hydrogens (tertiary/aromatic N) is 3. The summed E-state index contributed by atoms with van der Waals surface area (Å²) in [6, 6.07) is 3.10. The van der Waals surface area contributed by atoms with Gasteiger partial charge in [-0.2, -0.15) is 17.0 Å². The van der Waals surface area contributed by atoms with Gasteiger partial charge in [0.05, 0.1) is 4.92 Å². The van der Waals surface area contributed by atoms with Gasteiger partial charge in [-0.3, -0.25) is 10.1 Å². The second kappa shape index (κ2) is 7.29. The molecule has 0 radical (unpaired) electrons. The number of nitrogens with one attached hydrogen (secondary N) is 1. The van der Waals surface area contributed by atoms with Crippen LogP contribution >= 0.6 is 11.8 Å². The largest absolute Gasteiger partial charge is 0.368 e. The molecule has 0 spiro atoms. The van der Waals surface area contributed by atoms with Crippen LogP contribution in [-0.2, 0) is 0 Å². The summed E-state index contributed by atoms with van der Waals surface area (Å²) < 4.78 is 0. The zero-order chi connectivity index (χ0) is 13.4. The Morgan fingerprint density at radius 3 is 3.11 bits per heavy atom. The molecule has 1 aromatic heterocycles. The fourth-order valence-electron chi connectivity index (χ4n) is 1.19. The number of rotatable bonds is 7. The fraction of sp³-hybridized carbons (Fsp3) is 0.273. The summed E-state index contributed by atoms with van der Waals surface area (Å²) in [5.41, 5.74) is -0.00365. The lowest BCUT2D eigenvalue weighted by molar-refractivity contribution is -0.385. The zero-order valence-corrected chi connectivity index (χ0v) is 10.4. The van der Waals surface area contributed by atoms with Crippen molar-refractivity contribution in [2.45, 2.75) is 0 Å². The maximum Gasteiger partial charge on any atom is 0.289 e. The lowest BCUT2D eigenvalue weighted by atomic mass is 10.2. The number of hydrogen-bond donors (Lipinski definition) is 1. The monoisotopic (exact) mass is 264 g/mol. The number of hydrogen-bond acceptors (Lipinski definition) is 6. The smallest absolute Gasteiger partial charge is 0.289 e. The van der Waals surface area contributed by atoms with Gasteiger partial charge in [-0.1, -0.05) is 6.08 Å². The van der Waals surface area contributed by atoms with Crippen LogP contribution in [0.2, 0.25) is 0 Å². The maximum atomic E-state index is 10.5. The van der Waals surface area contributed by atoms with Crippen molar-refractivity contribution < 1.29 is 4.92 Å². The molecular weight excluding hydrogens is 252 g/mol. The summed E-state index contributed by atoms with van der Waals surface area (Å²) in [5.74, 6) is 2.08. The first-order valence-electron chi connectivity index (χ1n) is 5.16. The molecule has 0 unspecified atom stereocenters. The van der Waals surface area contributed by atoms with Crippen LogP contribution in [0.5, 0.6) is 0 Å². The van der Waals surface area contributed by atoms with Gasteiger partial charge >= 0.3 is 0 Å². The van der Waals surface area contributed by atoms with E-state index in [9.17, 15) is 10.1 Å². The molecule has 0 saturated carbocycles. The van der Waals surface area contributed by atoms with Crippen LogP contribution in [0.3, 0.4) is 0 Å². The number of thioether (sulfide) groups is 1. The lowest BCUT2D eigenvalue weighted by Gasteiger charge is -2.06. The van der Waals surface area contributed by atoms with E-state index in [-0.39, 0.29) is 11.3 Å². The van der Waals surface area contributed by atoms with Gasteiger partial charge in [0, 0.05) is 24.1 Å². The van der Waals surface area contributed by atoms with Gasteiger partial charge in [0.25, 0.3) is 5.69 Å². The molecule has 1 rings (SSSR count). The number of nitriles is 1. The molecule has 0 aliphatic heterocycles. The predicted molar refractivity (Wildman–Crippen MR) is 71.6 cm³/mol. The van der Waals surface area contributed by atoms with E-state index in [1.807, 2.05) is 12.1 Å². The minimum Gasteiger partial charge on any atom is -0.368 e. The molecule has 0 aromatic carbocycles. The fourth-order valence-corrected chi connectivity index (χ4v) is 1.77. The molecule has 7 heteroatoms.